The van der Waals surface area contributed by atoms with Gasteiger partial charge in [0.05, 0.1) is 0 Å². The molecule has 1 atom stereocenters. The van der Waals surface area contributed by atoms with E-state index in [0.29, 0.717) is 0 Å². The third-order valence-corrected chi connectivity index (χ3v) is 6.71. The molecule has 1 aromatic heterocycles. The van der Waals surface area contributed by atoms with E-state index >= 15 is 0 Å². The number of anilines is 1. The first-order chi connectivity index (χ1) is 14.6. The molecule has 0 saturated heterocycles. The van der Waals surface area contributed by atoms with Gasteiger partial charge in [-0.3, -0.25) is 9.69 Å². The Bertz CT molecular complexity index is 1130. The third-order valence-electron chi connectivity index (χ3n) is 6.47. The molecule has 0 fully saturated rings. The van der Waals surface area contributed by atoms with Gasteiger partial charge in [-0.2, -0.15) is 0 Å². The van der Waals surface area contributed by atoms with E-state index < -0.39 is 0 Å². The lowest BCUT2D eigenvalue weighted by Gasteiger charge is -2.30. The predicted octanol–water partition coefficient (Wildman–Crippen LogP) is 5.28. The van der Waals surface area contributed by atoms with Gasteiger partial charge in [0, 0.05) is 66.0 Å². The van der Waals surface area contributed by atoms with Crippen molar-refractivity contribution in [2.24, 2.45) is 0 Å². The Kier molecular flexibility index (Phi) is 5.13. The number of hydrogen-bond acceptors (Lipinski definition) is 2. The van der Waals surface area contributed by atoms with Crippen molar-refractivity contribution in [3.63, 3.8) is 0 Å². The molecule has 0 aliphatic carbocycles. The molecule has 1 N–H and O–H groups in total. The van der Waals surface area contributed by atoms with Crippen molar-refractivity contribution >= 4 is 39.7 Å². The summed E-state index contributed by atoms with van der Waals surface area (Å²) in [6, 6.07) is 14.6. The molecule has 30 heavy (non-hydrogen) atoms. The largest absolute Gasteiger partial charge is 0.361 e. The van der Waals surface area contributed by atoms with E-state index in [9.17, 15) is 4.79 Å². The third kappa shape index (κ3) is 3.55. The van der Waals surface area contributed by atoms with Crippen LogP contribution in [0.5, 0.6) is 0 Å². The maximum Gasteiger partial charge on any atom is 0.224 e. The second kappa shape index (κ2) is 7.93. The van der Waals surface area contributed by atoms with E-state index in [-0.39, 0.29) is 11.9 Å². The lowest BCUT2D eigenvalue weighted by molar-refractivity contribution is -0.116. The van der Waals surface area contributed by atoms with Crippen molar-refractivity contribution in [2.75, 3.05) is 24.5 Å². The smallest absolute Gasteiger partial charge is 0.224 e. The first-order valence-electron chi connectivity index (χ1n) is 10.7. The standard InChI is InChI=1S/C25H26ClN3O/c1-17(30)29-21(14-19-4-2-3-5-25(19)29)10-13-28-11-8-18(9-12-28)23-16-27-24-15-20(26)6-7-22(23)24/h2-8,15-16,21,27H,9-14H2,1H3. The number of rotatable bonds is 4. The van der Waals surface area contributed by atoms with Gasteiger partial charge in [-0.25, -0.2) is 0 Å². The van der Waals surface area contributed by atoms with Crippen LogP contribution in [-0.4, -0.2) is 41.5 Å². The van der Waals surface area contributed by atoms with Crippen LogP contribution in [0.1, 0.15) is 30.9 Å². The van der Waals surface area contributed by atoms with Crippen LogP contribution in [0.3, 0.4) is 0 Å². The second-order valence-electron chi connectivity index (χ2n) is 8.34. The van der Waals surface area contributed by atoms with Gasteiger partial charge in [0.25, 0.3) is 0 Å². The first kappa shape index (κ1) is 19.4. The Hall–Kier alpha value is -2.56. The molecule has 1 unspecified atom stereocenters. The molecule has 0 bridgehead atoms. The number of amides is 1. The van der Waals surface area contributed by atoms with E-state index in [1.807, 2.05) is 23.1 Å². The van der Waals surface area contributed by atoms with Gasteiger partial charge < -0.3 is 9.88 Å². The molecule has 4 nitrogen and oxygen atoms in total. The highest BCUT2D eigenvalue weighted by molar-refractivity contribution is 6.31. The maximum absolute atomic E-state index is 12.3. The van der Waals surface area contributed by atoms with Crippen LogP contribution in [0.15, 0.2) is 54.7 Å². The van der Waals surface area contributed by atoms with E-state index in [0.717, 1.165) is 55.1 Å². The van der Waals surface area contributed by atoms with Gasteiger partial charge in [0.2, 0.25) is 5.91 Å². The number of fused-ring (bicyclic) bond motifs is 2. The summed E-state index contributed by atoms with van der Waals surface area (Å²) in [5.74, 6) is 0.144. The summed E-state index contributed by atoms with van der Waals surface area (Å²) in [7, 11) is 0. The molecule has 3 heterocycles. The Morgan fingerprint density at radius 1 is 1.23 bits per heavy atom. The molecular weight excluding hydrogens is 394 g/mol. The van der Waals surface area contributed by atoms with Gasteiger partial charge in [-0.15, -0.1) is 0 Å². The molecule has 0 radical (unpaired) electrons. The van der Waals surface area contributed by atoms with Crippen molar-refractivity contribution in [3.05, 3.63) is 70.9 Å². The molecule has 5 rings (SSSR count). The average molecular weight is 420 g/mol. The van der Waals surface area contributed by atoms with Gasteiger partial charge in [-0.05, 0) is 48.6 Å². The highest BCUT2D eigenvalue weighted by Gasteiger charge is 2.31. The predicted molar refractivity (Wildman–Crippen MR) is 124 cm³/mol. The number of H-pyrrole nitrogens is 1. The van der Waals surface area contributed by atoms with Gasteiger partial charge >= 0.3 is 0 Å². The van der Waals surface area contributed by atoms with Crippen molar-refractivity contribution < 1.29 is 4.79 Å². The van der Waals surface area contributed by atoms with Crippen LogP contribution in [0.4, 0.5) is 5.69 Å². The van der Waals surface area contributed by atoms with Gasteiger partial charge in [0.15, 0.2) is 0 Å². The Morgan fingerprint density at radius 3 is 2.90 bits per heavy atom. The molecule has 1 amide bonds. The van der Waals surface area contributed by atoms with E-state index in [4.69, 9.17) is 11.6 Å². The fourth-order valence-corrected chi connectivity index (χ4v) is 5.14. The molecule has 2 aliphatic heterocycles. The lowest BCUT2D eigenvalue weighted by atomic mass is 9.98. The fraction of sp³-hybridized carbons (Fsp3) is 0.320. The monoisotopic (exact) mass is 419 g/mol. The van der Waals surface area contributed by atoms with Crippen molar-refractivity contribution in [1.29, 1.82) is 0 Å². The zero-order valence-corrected chi connectivity index (χ0v) is 18.0. The Balaban J connectivity index is 1.24. The molecule has 154 valence electrons. The van der Waals surface area contributed by atoms with Crippen LogP contribution in [-0.2, 0) is 11.2 Å². The number of benzene rings is 2. The maximum atomic E-state index is 12.3. The summed E-state index contributed by atoms with van der Waals surface area (Å²) in [6.07, 6.45) is 7.46. The minimum Gasteiger partial charge on any atom is -0.361 e. The SMILES string of the molecule is CC(=O)N1c2ccccc2CC1CCN1CC=C(c2c[nH]c3cc(Cl)ccc23)CC1. The fourth-order valence-electron chi connectivity index (χ4n) is 4.97. The van der Waals surface area contributed by atoms with Crippen molar-refractivity contribution in [1.82, 2.24) is 9.88 Å². The lowest BCUT2D eigenvalue weighted by Crippen LogP contribution is -2.39. The minimum absolute atomic E-state index is 0.144. The Morgan fingerprint density at radius 2 is 2.10 bits per heavy atom. The summed E-state index contributed by atoms with van der Waals surface area (Å²) in [4.78, 5) is 20.1. The van der Waals surface area contributed by atoms with Crippen molar-refractivity contribution in [3.8, 4) is 0 Å². The highest BCUT2D eigenvalue weighted by Crippen LogP contribution is 2.34. The topological polar surface area (TPSA) is 39.3 Å². The number of nitrogens with zero attached hydrogens (tertiary/aromatic N) is 2. The number of hydrogen-bond donors (Lipinski definition) is 1. The number of carbonyl (C=O) groups is 1. The van der Waals surface area contributed by atoms with Crippen LogP contribution in [0.25, 0.3) is 16.5 Å². The summed E-state index contributed by atoms with van der Waals surface area (Å²) in [6.45, 7) is 4.69. The summed E-state index contributed by atoms with van der Waals surface area (Å²) in [5, 5.41) is 1.99. The van der Waals surface area contributed by atoms with Crippen LogP contribution >= 0.6 is 11.6 Å². The number of halogens is 1. The second-order valence-corrected chi connectivity index (χ2v) is 8.77. The highest BCUT2D eigenvalue weighted by atomic mass is 35.5. The molecule has 0 saturated carbocycles. The molecule has 5 heteroatoms. The zero-order valence-electron chi connectivity index (χ0n) is 17.2. The summed E-state index contributed by atoms with van der Waals surface area (Å²) >= 11 is 6.11. The van der Waals surface area contributed by atoms with Gasteiger partial charge in [0.1, 0.15) is 0 Å². The molecule has 2 aromatic carbocycles. The van der Waals surface area contributed by atoms with E-state index in [2.05, 4.69) is 46.4 Å². The van der Waals surface area contributed by atoms with Crippen LogP contribution < -0.4 is 4.90 Å². The quantitative estimate of drug-likeness (QED) is 0.625. The molecule has 2 aliphatic rings. The number of aromatic amines is 1. The first-order valence-corrected chi connectivity index (χ1v) is 11.0. The Labute approximate surface area is 182 Å². The normalized spacial score (nSPS) is 19.2. The number of para-hydroxylation sites is 1. The van der Waals surface area contributed by atoms with Crippen molar-refractivity contribution in [2.45, 2.75) is 32.2 Å². The molecule has 0 spiro atoms. The minimum atomic E-state index is 0.144. The van der Waals surface area contributed by atoms with Gasteiger partial charge in [-0.1, -0.05) is 41.9 Å². The number of carbonyl (C=O) groups excluding carboxylic acids is 1. The summed E-state index contributed by atoms with van der Waals surface area (Å²) in [5.41, 5.74) is 6.16. The summed E-state index contributed by atoms with van der Waals surface area (Å²) < 4.78 is 0. The zero-order chi connectivity index (χ0) is 20.7. The van der Waals surface area contributed by atoms with Crippen LogP contribution in [0, 0.1) is 0 Å². The van der Waals surface area contributed by atoms with E-state index in [1.165, 1.54) is 22.1 Å². The number of aromatic nitrogens is 1. The average Bonchev–Trinajstić information content (AvgIpc) is 3.33. The van der Waals surface area contributed by atoms with Crippen LogP contribution in [0.2, 0.25) is 5.02 Å². The molecule has 3 aromatic rings. The van der Waals surface area contributed by atoms with E-state index in [1.54, 1.807) is 6.92 Å². The number of nitrogens with one attached hydrogen (secondary N) is 1. The molecular formula is C25H26ClN3O.